The van der Waals surface area contributed by atoms with Crippen LogP contribution in [0, 0.1) is 0 Å². The highest BCUT2D eigenvalue weighted by Gasteiger charge is 2.24. The van der Waals surface area contributed by atoms with Crippen LogP contribution in [-0.4, -0.2) is 58.9 Å². The van der Waals surface area contributed by atoms with Gasteiger partial charge in [0.05, 0.1) is 12.6 Å². The van der Waals surface area contributed by atoms with Crippen LogP contribution in [0.15, 0.2) is 54.6 Å². The third kappa shape index (κ3) is 12.7. The number of carbonyl (C=O) groups excluding carboxylic acids is 3. The van der Waals surface area contributed by atoms with Crippen LogP contribution in [-0.2, 0) is 33.2 Å². The van der Waals surface area contributed by atoms with Crippen LogP contribution in [0.4, 0.5) is 0 Å². The van der Waals surface area contributed by atoms with Crippen LogP contribution in [0.5, 0.6) is 0 Å². The van der Waals surface area contributed by atoms with Crippen molar-refractivity contribution in [3.05, 3.63) is 60.2 Å². The van der Waals surface area contributed by atoms with Crippen LogP contribution in [0.1, 0.15) is 37.5 Å². The van der Waals surface area contributed by atoms with E-state index < -0.39 is 31.6 Å². The van der Waals surface area contributed by atoms with Gasteiger partial charge in [0.2, 0.25) is 0 Å². The van der Waals surface area contributed by atoms with Crippen LogP contribution < -0.4 is 0 Å². The number of thioether (sulfide) groups is 1. The Bertz CT molecular complexity index is 880. The molecule has 0 aliphatic heterocycles. The van der Waals surface area contributed by atoms with Crippen LogP contribution in [0.3, 0.4) is 0 Å². The van der Waals surface area contributed by atoms with Gasteiger partial charge in [-0.05, 0) is 31.6 Å². The summed E-state index contributed by atoms with van der Waals surface area (Å²) in [6.45, 7) is 9.26. The van der Waals surface area contributed by atoms with Crippen molar-refractivity contribution in [1.29, 1.82) is 0 Å². The highest BCUT2D eigenvalue weighted by Crippen LogP contribution is 2.38. The molecule has 0 aliphatic rings. The zero-order chi connectivity index (χ0) is 25.7. The lowest BCUT2D eigenvalue weighted by Gasteiger charge is -2.21. The van der Waals surface area contributed by atoms with Crippen molar-refractivity contribution >= 4 is 37.3 Å². The molecule has 1 unspecified atom stereocenters. The van der Waals surface area contributed by atoms with E-state index in [2.05, 4.69) is 13.2 Å². The molecular formula is C23H31O9PS. The predicted molar refractivity (Wildman–Crippen MR) is 129 cm³/mol. The van der Waals surface area contributed by atoms with Gasteiger partial charge in [0.1, 0.15) is 13.2 Å². The van der Waals surface area contributed by atoms with E-state index in [1.165, 1.54) is 25.6 Å². The summed E-state index contributed by atoms with van der Waals surface area (Å²) >= 11 is 1.38. The molecule has 34 heavy (non-hydrogen) atoms. The lowest BCUT2D eigenvalue weighted by molar-refractivity contribution is -0.164. The zero-order valence-corrected chi connectivity index (χ0v) is 21.0. The first-order chi connectivity index (χ1) is 15.9. The van der Waals surface area contributed by atoms with Gasteiger partial charge in [-0.2, -0.15) is 11.8 Å². The Morgan fingerprint density at radius 3 is 2.00 bits per heavy atom. The largest absolute Gasteiger partial charge is 0.458 e. The second-order valence-corrected chi connectivity index (χ2v) is 10.7. The molecule has 0 aliphatic carbocycles. The first-order valence-corrected chi connectivity index (χ1v) is 13.3. The highest BCUT2D eigenvalue weighted by molar-refractivity contribution is 7.99. The van der Waals surface area contributed by atoms with Gasteiger partial charge in [-0.1, -0.05) is 43.5 Å². The summed E-state index contributed by atoms with van der Waals surface area (Å²) in [4.78, 5) is 54.2. The van der Waals surface area contributed by atoms with E-state index in [0.717, 1.165) is 5.56 Å². The standard InChI is InChI=1S/C23H31O9PS/c1-16(2)22(25)30-14-19(15-31-23(26)17(3)4)32-21(24)13-20(18-9-6-5-7-10-18)34-12-8-11-33(27,28)29/h5-7,9-10,19-20H,1,3,8,11-15H2,2,4H3,(H2,27,28,29). The predicted octanol–water partition coefficient (Wildman–Crippen LogP) is 3.57. The average molecular weight is 515 g/mol. The molecule has 2 N–H and O–H groups in total. The van der Waals surface area contributed by atoms with Gasteiger partial charge in [-0.3, -0.25) is 9.36 Å². The van der Waals surface area contributed by atoms with Gasteiger partial charge in [0.15, 0.2) is 6.10 Å². The summed E-state index contributed by atoms with van der Waals surface area (Å²) in [5, 5.41) is -0.331. The van der Waals surface area contributed by atoms with E-state index in [9.17, 15) is 18.9 Å². The number of esters is 3. The average Bonchev–Trinajstić information content (AvgIpc) is 2.76. The highest BCUT2D eigenvalue weighted by atomic mass is 32.2. The third-order valence-electron chi connectivity index (χ3n) is 4.23. The van der Waals surface area contributed by atoms with E-state index in [-0.39, 0.29) is 48.6 Å². The van der Waals surface area contributed by atoms with Gasteiger partial charge in [-0.15, -0.1) is 0 Å². The number of benzene rings is 1. The Balaban J connectivity index is 2.82. The summed E-state index contributed by atoms with van der Waals surface area (Å²) in [5.74, 6) is -1.53. The Morgan fingerprint density at radius 1 is 1.00 bits per heavy atom. The molecule has 188 valence electrons. The van der Waals surface area contributed by atoms with E-state index >= 15 is 0 Å². The van der Waals surface area contributed by atoms with Crippen molar-refractivity contribution in [2.45, 2.75) is 38.0 Å². The minimum atomic E-state index is -4.09. The second kappa shape index (κ2) is 14.8. The van der Waals surface area contributed by atoms with Crippen molar-refractivity contribution in [3.63, 3.8) is 0 Å². The first kappa shape index (κ1) is 29.6. The summed E-state index contributed by atoms with van der Waals surface area (Å²) in [6.07, 6.45) is -1.04. The van der Waals surface area contributed by atoms with Gasteiger partial charge < -0.3 is 24.0 Å². The molecule has 9 nitrogen and oxygen atoms in total. The number of rotatable bonds is 15. The molecule has 0 fully saturated rings. The Hall–Kier alpha value is -2.39. The molecule has 0 radical (unpaired) electrons. The minimum absolute atomic E-state index is 0.0516. The number of hydrogen-bond donors (Lipinski definition) is 2. The number of carbonyl (C=O) groups is 3. The van der Waals surface area contributed by atoms with Crippen LogP contribution in [0.25, 0.3) is 0 Å². The molecule has 1 rings (SSSR count). The van der Waals surface area contributed by atoms with Crippen LogP contribution >= 0.6 is 19.4 Å². The summed E-state index contributed by atoms with van der Waals surface area (Å²) in [7, 11) is -4.09. The molecule has 0 spiro atoms. The Kier molecular flexibility index (Phi) is 12.9. The molecule has 0 amide bonds. The molecule has 0 heterocycles. The minimum Gasteiger partial charge on any atom is -0.458 e. The summed E-state index contributed by atoms with van der Waals surface area (Å²) < 4.78 is 26.6. The summed E-state index contributed by atoms with van der Waals surface area (Å²) in [5.41, 5.74) is 1.18. The van der Waals surface area contributed by atoms with Gasteiger partial charge in [-0.25, -0.2) is 9.59 Å². The molecule has 0 bridgehead atoms. The number of ether oxygens (including phenoxy) is 3. The fraction of sp³-hybridized carbons (Fsp3) is 0.435. The van der Waals surface area contributed by atoms with Crippen molar-refractivity contribution in [2.75, 3.05) is 25.1 Å². The quantitative estimate of drug-likeness (QED) is 0.117. The Morgan fingerprint density at radius 2 is 1.53 bits per heavy atom. The number of hydrogen-bond acceptors (Lipinski definition) is 8. The molecule has 1 atom stereocenters. The molecule has 0 aromatic heterocycles. The topological polar surface area (TPSA) is 136 Å². The Labute approximate surface area is 203 Å². The molecule has 1 aromatic rings. The first-order valence-electron chi connectivity index (χ1n) is 10.4. The maximum Gasteiger partial charge on any atom is 0.333 e. The SMILES string of the molecule is C=C(C)C(=O)OCC(COC(=O)C(=C)C)OC(=O)CC(SCCCP(=O)(O)O)c1ccccc1. The molecule has 1 aromatic carbocycles. The van der Waals surface area contributed by atoms with Crippen molar-refractivity contribution < 1.29 is 42.9 Å². The molecule has 11 heteroatoms. The fourth-order valence-electron chi connectivity index (χ4n) is 2.52. The van der Waals surface area contributed by atoms with Crippen molar-refractivity contribution in [2.24, 2.45) is 0 Å². The smallest absolute Gasteiger partial charge is 0.333 e. The second-order valence-electron chi connectivity index (χ2n) is 7.59. The van der Waals surface area contributed by atoms with E-state index in [0.29, 0.717) is 5.75 Å². The normalized spacial score (nSPS) is 12.0. The van der Waals surface area contributed by atoms with Gasteiger partial charge in [0.25, 0.3) is 0 Å². The maximum atomic E-state index is 12.7. The van der Waals surface area contributed by atoms with Crippen LogP contribution in [0.2, 0.25) is 0 Å². The van der Waals surface area contributed by atoms with Gasteiger partial charge >= 0.3 is 25.5 Å². The fourth-order valence-corrected chi connectivity index (χ4v) is 4.51. The molecule has 0 saturated carbocycles. The van der Waals surface area contributed by atoms with E-state index in [1.807, 2.05) is 30.3 Å². The van der Waals surface area contributed by atoms with E-state index in [4.69, 9.17) is 24.0 Å². The zero-order valence-electron chi connectivity index (χ0n) is 19.3. The molecular weight excluding hydrogens is 483 g/mol. The summed E-state index contributed by atoms with van der Waals surface area (Å²) in [6, 6.07) is 9.16. The van der Waals surface area contributed by atoms with E-state index in [1.54, 1.807) is 0 Å². The maximum absolute atomic E-state index is 12.7. The lowest BCUT2D eigenvalue weighted by atomic mass is 10.1. The van der Waals surface area contributed by atoms with Crippen molar-refractivity contribution in [3.8, 4) is 0 Å². The van der Waals surface area contributed by atoms with Gasteiger partial charge in [0, 0.05) is 16.4 Å². The monoisotopic (exact) mass is 514 g/mol. The third-order valence-corrected chi connectivity index (χ3v) is 6.50. The lowest BCUT2D eigenvalue weighted by Crippen LogP contribution is -2.31. The molecule has 0 saturated heterocycles. The van der Waals surface area contributed by atoms with Crippen molar-refractivity contribution in [1.82, 2.24) is 0 Å².